The van der Waals surface area contributed by atoms with Gasteiger partial charge in [0.25, 0.3) is 0 Å². The van der Waals surface area contributed by atoms with Gasteiger partial charge in [0, 0.05) is 45.4 Å². The molecule has 0 rings (SSSR count). The molecule has 0 unspecified atom stereocenters. The Morgan fingerprint density at radius 2 is 1.12 bits per heavy atom. The number of rotatable bonds is 18. The Morgan fingerprint density at radius 1 is 0.667 bits per heavy atom. The molecule has 0 aromatic carbocycles. The molecule has 24 heavy (non-hydrogen) atoms. The molecule has 0 fully saturated rings. The van der Waals surface area contributed by atoms with Gasteiger partial charge in [-0.3, -0.25) is 4.79 Å². The zero-order valence-corrected chi connectivity index (χ0v) is 16.5. The zero-order valence-electron chi connectivity index (χ0n) is 16.5. The molecule has 0 aliphatic heterocycles. The molecule has 0 spiro atoms. The summed E-state index contributed by atoms with van der Waals surface area (Å²) in [7, 11) is 0. The number of unbranched alkanes of at least 4 members (excludes halogenated alkanes) is 4. The van der Waals surface area contributed by atoms with Gasteiger partial charge in [0.15, 0.2) is 0 Å². The number of hydrogen-bond donors (Lipinski definition) is 0. The van der Waals surface area contributed by atoms with Gasteiger partial charge < -0.3 is 14.2 Å². The van der Waals surface area contributed by atoms with Crippen molar-refractivity contribution in [1.82, 2.24) is 0 Å². The Labute approximate surface area is 149 Å². The fourth-order valence-electron chi connectivity index (χ4n) is 2.21. The molecule has 4 heteroatoms. The normalized spacial score (nSPS) is 11.6. The minimum Gasteiger partial charge on any atom is -0.381 e. The summed E-state index contributed by atoms with van der Waals surface area (Å²) in [6, 6.07) is 0. The minimum atomic E-state index is 0.178. The molecule has 0 N–H and O–H groups in total. The maximum absolute atomic E-state index is 11.5. The van der Waals surface area contributed by atoms with Crippen LogP contribution >= 0.6 is 0 Å². The second-order valence-corrected chi connectivity index (χ2v) is 6.99. The molecule has 144 valence electrons. The first-order valence-electron chi connectivity index (χ1n) is 9.83. The lowest BCUT2D eigenvalue weighted by Gasteiger charge is -2.08. The van der Waals surface area contributed by atoms with Gasteiger partial charge in [0.05, 0.1) is 6.10 Å². The summed E-state index contributed by atoms with van der Waals surface area (Å²) in [6.07, 6.45) is 8.45. The predicted molar refractivity (Wildman–Crippen MR) is 99.5 cm³/mol. The third-order valence-corrected chi connectivity index (χ3v) is 3.82. The average Bonchev–Trinajstić information content (AvgIpc) is 2.53. The molecule has 0 amide bonds. The van der Waals surface area contributed by atoms with Crippen molar-refractivity contribution in [1.29, 1.82) is 0 Å². The van der Waals surface area contributed by atoms with Crippen LogP contribution < -0.4 is 0 Å². The third-order valence-electron chi connectivity index (χ3n) is 3.82. The molecule has 0 saturated carbocycles. The van der Waals surface area contributed by atoms with Crippen LogP contribution in [-0.2, 0) is 19.0 Å². The van der Waals surface area contributed by atoms with E-state index in [1.54, 1.807) is 0 Å². The van der Waals surface area contributed by atoms with Crippen molar-refractivity contribution >= 4 is 5.78 Å². The topological polar surface area (TPSA) is 44.8 Å². The second-order valence-electron chi connectivity index (χ2n) is 6.99. The monoisotopic (exact) mass is 344 g/mol. The SMILES string of the molecule is CC(C)OCCCCOCCCCOCCCCCC(=O)C(C)C. The summed E-state index contributed by atoms with van der Waals surface area (Å²) in [5.41, 5.74) is 0. The van der Waals surface area contributed by atoms with E-state index in [1.807, 2.05) is 13.8 Å². The fourth-order valence-corrected chi connectivity index (χ4v) is 2.21. The molecule has 0 saturated heterocycles. The lowest BCUT2D eigenvalue weighted by atomic mass is 10.0. The van der Waals surface area contributed by atoms with Crippen LogP contribution in [0.15, 0.2) is 0 Å². The van der Waals surface area contributed by atoms with E-state index in [2.05, 4.69) is 13.8 Å². The Bertz CT molecular complexity index is 277. The largest absolute Gasteiger partial charge is 0.381 e. The molecule has 0 heterocycles. The fraction of sp³-hybridized carbons (Fsp3) is 0.950. The quantitative estimate of drug-likeness (QED) is 0.335. The first kappa shape index (κ1) is 23.5. The summed E-state index contributed by atoms with van der Waals surface area (Å²) >= 11 is 0. The van der Waals surface area contributed by atoms with Gasteiger partial charge in [-0.2, -0.15) is 0 Å². The van der Waals surface area contributed by atoms with Crippen molar-refractivity contribution in [2.75, 3.05) is 33.0 Å². The van der Waals surface area contributed by atoms with E-state index < -0.39 is 0 Å². The van der Waals surface area contributed by atoms with Crippen molar-refractivity contribution in [3.63, 3.8) is 0 Å². The maximum Gasteiger partial charge on any atom is 0.135 e. The van der Waals surface area contributed by atoms with Crippen LogP contribution in [0.4, 0.5) is 0 Å². The van der Waals surface area contributed by atoms with E-state index in [-0.39, 0.29) is 5.92 Å². The van der Waals surface area contributed by atoms with Crippen LogP contribution in [0.1, 0.15) is 79.1 Å². The van der Waals surface area contributed by atoms with Gasteiger partial charge in [-0.25, -0.2) is 0 Å². The molecule has 0 aliphatic rings. The zero-order chi connectivity index (χ0) is 18.0. The van der Waals surface area contributed by atoms with Gasteiger partial charge in [0.2, 0.25) is 0 Å². The molecule has 0 aromatic rings. The summed E-state index contributed by atoms with van der Waals surface area (Å²) in [4.78, 5) is 11.5. The lowest BCUT2D eigenvalue weighted by molar-refractivity contribution is -0.122. The Kier molecular flexibility index (Phi) is 17.0. The predicted octanol–water partition coefficient (Wildman–Crippen LogP) is 4.79. The summed E-state index contributed by atoms with van der Waals surface area (Å²) in [5.74, 6) is 0.556. The van der Waals surface area contributed by atoms with E-state index >= 15 is 0 Å². The Morgan fingerprint density at radius 3 is 1.58 bits per heavy atom. The van der Waals surface area contributed by atoms with Crippen LogP contribution in [0.3, 0.4) is 0 Å². The highest BCUT2D eigenvalue weighted by Gasteiger charge is 2.05. The van der Waals surface area contributed by atoms with Crippen molar-refractivity contribution in [2.45, 2.75) is 85.2 Å². The van der Waals surface area contributed by atoms with Crippen LogP contribution in [0.5, 0.6) is 0 Å². The highest BCUT2D eigenvalue weighted by Crippen LogP contribution is 2.06. The van der Waals surface area contributed by atoms with Crippen LogP contribution in [0.2, 0.25) is 0 Å². The summed E-state index contributed by atoms with van der Waals surface area (Å²) in [5, 5.41) is 0. The van der Waals surface area contributed by atoms with Crippen molar-refractivity contribution < 1.29 is 19.0 Å². The number of ketones is 1. The summed E-state index contributed by atoms with van der Waals surface area (Å²) < 4.78 is 16.7. The first-order valence-corrected chi connectivity index (χ1v) is 9.83. The third kappa shape index (κ3) is 17.9. The molecular weight excluding hydrogens is 304 g/mol. The van der Waals surface area contributed by atoms with Gasteiger partial charge in [-0.15, -0.1) is 0 Å². The lowest BCUT2D eigenvalue weighted by Crippen LogP contribution is -2.06. The van der Waals surface area contributed by atoms with Crippen LogP contribution in [-0.4, -0.2) is 44.9 Å². The van der Waals surface area contributed by atoms with E-state index in [4.69, 9.17) is 14.2 Å². The molecule has 0 radical (unpaired) electrons. The molecular formula is C20H40O4. The van der Waals surface area contributed by atoms with E-state index in [0.29, 0.717) is 11.9 Å². The van der Waals surface area contributed by atoms with E-state index in [9.17, 15) is 4.79 Å². The smallest absolute Gasteiger partial charge is 0.135 e. The number of carbonyl (C=O) groups excluding carboxylic acids is 1. The van der Waals surface area contributed by atoms with E-state index in [1.165, 1.54) is 0 Å². The minimum absolute atomic E-state index is 0.178. The maximum atomic E-state index is 11.5. The molecule has 0 bridgehead atoms. The number of hydrogen-bond acceptors (Lipinski definition) is 4. The van der Waals surface area contributed by atoms with Crippen LogP contribution in [0.25, 0.3) is 0 Å². The summed E-state index contributed by atoms with van der Waals surface area (Å²) in [6.45, 7) is 12.2. The van der Waals surface area contributed by atoms with Crippen LogP contribution in [0, 0.1) is 5.92 Å². The Hall–Kier alpha value is -0.450. The molecule has 0 aliphatic carbocycles. The van der Waals surface area contributed by atoms with Crippen molar-refractivity contribution in [3.8, 4) is 0 Å². The van der Waals surface area contributed by atoms with Crippen molar-refractivity contribution in [3.05, 3.63) is 0 Å². The molecule has 0 aromatic heterocycles. The average molecular weight is 345 g/mol. The number of carbonyl (C=O) groups is 1. The standard InChI is InChI=1S/C20H40O4/c1-18(2)20(21)12-6-5-7-13-22-14-8-9-15-23-16-10-11-17-24-19(3)4/h18-19H,5-17H2,1-4H3. The first-order chi connectivity index (χ1) is 11.5. The second kappa shape index (κ2) is 17.4. The van der Waals surface area contributed by atoms with E-state index in [0.717, 1.165) is 84.4 Å². The molecule has 4 nitrogen and oxygen atoms in total. The van der Waals surface area contributed by atoms with Crippen molar-refractivity contribution in [2.24, 2.45) is 5.92 Å². The highest BCUT2D eigenvalue weighted by atomic mass is 16.5. The number of Topliss-reactive ketones (excluding diaryl/α,β-unsaturated/α-hetero) is 1. The highest BCUT2D eigenvalue weighted by molar-refractivity contribution is 5.80. The van der Waals surface area contributed by atoms with Gasteiger partial charge in [-0.05, 0) is 52.4 Å². The number of ether oxygens (including phenoxy) is 3. The molecule has 0 atom stereocenters. The van der Waals surface area contributed by atoms with Gasteiger partial charge in [-0.1, -0.05) is 20.3 Å². The van der Waals surface area contributed by atoms with Gasteiger partial charge in [0.1, 0.15) is 5.78 Å². The van der Waals surface area contributed by atoms with Gasteiger partial charge >= 0.3 is 0 Å². The Balaban J connectivity index is 3.06.